The van der Waals surface area contributed by atoms with Crippen molar-refractivity contribution in [2.75, 3.05) is 26.2 Å². The number of likely N-dealkylation sites (tertiary alicyclic amines) is 1. The van der Waals surface area contributed by atoms with Crippen LogP contribution in [0.5, 0.6) is 0 Å². The van der Waals surface area contributed by atoms with Gasteiger partial charge in [-0.3, -0.25) is 9.69 Å². The van der Waals surface area contributed by atoms with E-state index in [-0.39, 0.29) is 11.9 Å². The zero-order valence-corrected chi connectivity index (χ0v) is 10.8. The van der Waals surface area contributed by atoms with Crippen LogP contribution in [-0.2, 0) is 9.53 Å². The molecule has 0 aliphatic carbocycles. The average molecular weight is 246 g/mol. The Morgan fingerprint density at radius 2 is 2.38 bits per heavy atom. The van der Waals surface area contributed by atoms with Gasteiger partial charge >= 0.3 is 5.97 Å². The Bertz CT molecular complexity index is 266. The molecule has 0 spiro atoms. The van der Waals surface area contributed by atoms with Crippen molar-refractivity contribution in [1.29, 1.82) is 0 Å². The molecule has 0 bridgehead atoms. The standard InChI is InChI=1S/C12H20ClNO2/c1-3-16-12(15)11-5-4-6-14(9-11)8-10(2)7-13/h7,11H,3-6,8-9H2,1-2H3/t11-/m1/s1. The molecule has 1 fully saturated rings. The Morgan fingerprint density at radius 3 is 3.00 bits per heavy atom. The number of ether oxygens (including phenoxy) is 1. The van der Waals surface area contributed by atoms with Gasteiger partial charge in [0.15, 0.2) is 0 Å². The number of esters is 1. The molecule has 0 N–H and O–H groups in total. The molecule has 1 rings (SSSR count). The number of hydrogen-bond donors (Lipinski definition) is 0. The highest BCUT2D eigenvalue weighted by Gasteiger charge is 2.26. The maximum absolute atomic E-state index is 11.6. The number of hydrogen-bond acceptors (Lipinski definition) is 3. The van der Waals surface area contributed by atoms with Crippen LogP contribution in [0.25, 0.3) is 0 Å². The van der Waals surface area contributed by atoms with Gasteiger partial charge in [0.25, 0.3) is 0 Å². The lowest BCUT2D eigenvalue weighted by Gasteiger charge is -2.31. The normalized spacial score (nSPS) is 23.2. The fourth-order valence-electron chi connectivity index (χ4n) is 2.04. The fourth-order valence-corrected chi connectivity index (χ4v) is 2.11. The maximum Gasteiger partial charge on any atom is 0.310 e. The zero-order valence-electron chi connectivity index (χ0n) is 10.0. The summed E-state index contributed by atoms with van der Waals surface area (Å²) in [7, 11) is 0. The molecule has 0 radical (unpaired) electrons. The van der Waals surface area contributed by atoms with Crippen LogP contribution < -0.4 is 0 Å². The third kappa shape index (κ3) is 4.14. The Balaban J connectivity index is 2.43. The van der Waals surface area contributed by atoms with Crippen LogP contribution in [0, 0.1) is 5.92 Å². The van der Waals surface area contributed by atoms with E-state index < -0.39 is 0 Å². The van der Waals surface area contributed by atoms with E-state index in [1.165, 1.54) is 0 Å². The highest BCUT2D eigenvalue weighted by molar-refractivity contribution is 6.25. The summed E-state index contributed by atoms with van der Waals surface area (Å²) in [5.74, 6) is -0.0171. The van der Waals surface area contributed by atoms with Crippen molar-refractivity contribution in [2.45, 2.75) is 26.7 Å². The summed E-state index contributed by atoms with van der Waals surface area (Å²) in [6.45, 7) is 6.99. The maximum atomic E-state index is 11.6. The van der Waals surface area contributed by atoms with E-state index in [4.69, 9.17) is 16.3 Å². The number of rotatable bonds is 4. The monoisotopic (exact) mass is 245 g/mol. The summed E-state index contributed by atoms with van der Waals surface area (Å²) in [5.41, 5.74) is 2.74. The van der Waals surface area contributed by atoms with Gasteiger partial charge in [-0.05, 0) is 38.8 Å². The lowest BCUT2D eigenvalue weighted by molar-refractivity contribution is -0.149. The van der Waals surface area contributed by atoms with Crippen LogP contribution in [0.2, 0.25) is 0 Å². The number of carbonyl (C=O) groups is 1. The quantitative estimate of drug-likeness (QED) is 0.713. The summed E-state index contributed by atoms with van der Waals surface area (Å²) < 4.78 is 5.05. The smallest absolute Gasteiger partial charge is 0.310 e. The van der Waals surface area contributed by atoms with Crippen LogP contribution in [-0.4, -0.2) is 37.1 Å². The second-order valence-corrected chi connectivity index (χ2v) is 4.50. The molecule has 3 nitrogen and oxygen atoms in total. The minimum Gasteiger partial charge on any atom is -0.466 e. The fraction of sp³-hybridized carbons (Fsp3) is 0.750. The minimum atomic E-state index is -0.0558. The highest BCUT2D eigenvalue weighted by atomic mass is 35.5. The number of halogens is 1. The van der Waals surface area contributed by atoms with Gasteiger partial charge in [-0.1, -0.05) is 11.6 Å². The van der Waals surface area contributed by atoms with E-state index in [9.17, 15) is 4.79 Å². The van der Waals surface area contributed by atoms with Crippen molar-refractivity contribution in [2.24, 2.45) is 5.92 Å². The predicted molar refractivity (Wildman–Crippen MR) is 65.4 cm³/mol. The SMILES string of the molecule is CCOC(=O)[C@@H]1CCCN(CC(C)=CCl)C1. The lowest BCUT2D eigenvalue weighted by atomic mass is 9.98. The molecule has 1 atom stereocenters. The van der Waals surface area contributed by atoms with Crippen molar-refractivity contribution < 1.29 is 9.53 Å². The third-order valence-corrected chi connectivity index (χ3v) is 3.16. The molecule has 0 aromatic carbocycles. The van der Waals surface area contributed by atoms with Crippen LogP contribution in [0.3, 0.4) is 0 Å². The zero-order chi connectivity index (χ0) is 12.0. The number of piperidine rings is 1. The molecule has 92 valence electrons. The number of carbonyl (C=O) groups excluding carboxylic acids is 1. The molecule has 4 heteroatoms. The summed E-state index contributed by atoms with van der Waals surface area (Å²) >= 11 is 5.64. The first-order valence-electron chi connectivity index (χ1n) is 5.82. The summed E-state index contributed by atoms with van der Waals surface area (Å²) in [4.78, 5) is 13.9. The van der Waals surface area contributed by atoms with Crippen molar-refractivity contribution in [1.82, 2.24) is 4.90 Å². The predicted octanol–water partition coefficient (Wildman–Crippen LogP) is 2.40. The van der Waals surface area contributed by atoms with Gasteiger partial charge in [-0.25, -0.2) is 0 Å². The van der Waals surface area contributed by atoms with Crippen LogP contribution in [0.15, 0.2) is 11.1 Å². The number of nitrogens with zero attached hydrogens (tertiary/aromatic N) is 1. The molecule has 1 heterocycles. The van der Waals surface area contributed by atoms with E-state index in [1.807, 2.05) is 13.8 Å². The molecule has 0 amide bonds. The van der Waals surface area contributed by atoms with Gasteiger partial charge < -0.3 is 4.74 Å². The second-order valence-electron chi connectivity index (χ2n) is 4.28. The Hall–Kier alpha value is -0.540. The van der Waals surface area contributed by atoms with Crippen LogP contribution in [0.4, 0.5) is 0 Å². The molecule has 1 aliphatic heterocycles. The summed E-state index contributed by atoms with van der Waals surface area (Å²) in [6, 6.07) is 0. The molecule has 16 heavy (non-hydrogen) atoms. The topological polar surface area (TPSA) is 29.5 Å². The molecular weight excluding hydrogens is 226 g/mol. The van der Waals surface area contributed by atoms with E-state index in [0.717, 1.165) is 38.0 Å². The molecule has 0 aromatic heterocycles. The Labute approximate surface area is 102 Å². The first kappa shape index (κ1) is 13.5. The van der Waals surface area contributed by atoms with Gasteiger partial charge in [-0.2, -0.15) is 0 Å². The van der Waals surface area contributed by atoms with Crippen LogP contribution >= 0.6 is 11.6 Å². The van der Waals surface area contributed by atoms with Crippen molar-refractivity contribution >= 4 is 17.6 Å². The Kier molecular flexibility index (Phi) is 5.85. The molecule has 0 aromatic rings. The van der Waals surface area contributed by atoms with Gasteiger partial charge in [-0.15, -0.1) is 0 Å². The first-order chi connectivity index (χ1) is 7.67. The lowest BCUT2D eigenvalue weighted by Crippen LogP contribution is -2.40. The van der Waals surface area contributed by atoms with E-state index >= 15 is 0 Å². The van der Waals surface area contributed by atoms with E-state index in [2.05, 4.69) is 4.90 Å². The van der Waals surface area contributed by atoms with Crippen molar-refractivity contribution in [3.8, 4) is 0 Å². The molecule has 0 saturated carbocycles. The van der Waals surface area contributed by atoms with Crippen molar-refractivity contribution in [3.63, 3.8) is 0 Å². The molecule has 1 saturated heterocycles. The third-order valence-electron chi connectivity index (χ3n) is 2.78. The largest absolute Gasteiger partial charge is 0.466 e. The van der Waals surface area contributed by atoms with Crippen molar-refractivity contribution in [3.05, 3.63) is 11.1 Å². The summed E-state index contributed by atoms with van der Waals surface area (Å²) in [6.07, 6.45) is 2.00. The average Bonchev–Trinajstić information content (AvgIpc) is 2.29. The van der Waals surface area contributed by atoms with E-state index in [1.54, 1.807) is 5.54 Å². The highest BCUT2D eigenvalue weighted by Crippen LogP contribution is 2.18. The van der Waals surface area contributed by atoms with Gasteiger partial charge in [0.05, 0.1) is 12.5 Å². The molecular formula is C12H20ClNO2. The minimum absolute atomic E-state index is 0.0387. The van der Waals surface area contributed by atoms with Gasteiger partial charge in [0.2, 0.25) is 0 Å². The summed E-state index contributed by atoms with van der Waals surface area (Å²) in [5, 5.41) is 0. The van der Waals surface area contributed by atoms with Gasteiger partial charge in [0.1, 0.15) is 0 Å². The molecule has 0 unspecified atom stereocenters. The van der Waals surface area contributed by atoms with Gasteiger partial charge in [0, 0.05) is 18.6 Å². The van der Waals surface area contributed by atoms with E-state index in [0.29, 0.717) is 6.61 Å². The Morgan fingerprint density at radius 1 is 1.62 bits per heavy atom. The second kappa shape index (κ2) is 6.92. The molecule has 1 aliphatic rings. The first-order valence-corrected chi connectivity index (χ1v) is 6.25. The van der Waals surface area contributed by atoms with Crippen LogP contribution in [0.1, 0.15) is 26.7 Å².